The van der Waals surface area contributed by atoms with Gasteiger partial charge in [0.05, 0.1) is 0 Å². The summed E-state index contributed by atoms with van der Waals surface area (Å²) in [5, 5.41) is 9.33. The van der Waals surface area contributed by atoms with Crippen molar-refractivity contribution in [3.63, 3.8) is 0 Å². The van der Waals surface area contributed by atoms with E-state index < -0.39 is 5.97 Å². The highest BCUT2D eigenvalue weighted by Gasteiger charge is 2.38. The smallest absolute Gasteiger partial charge is 0.331 e. The molecule has 1 saturated carbocycles. The van der Waals surface area contributed by atoms with Crippen LogP contribution in [0.5, 0.6) is 0 Å². The third kappa shape index (κ3) is 4.58. The lowest BCUT2D eigenvalue weighted by Gasteiger charge is -2.42. The van der Waals surface area contributed by atoms with Gasteiger partial charge in [-0.1, -0.05) is 71.4 Å². The summed E-state index contributed by atoms with van der Waals surface area (Å²) >= 11 is 0. The van der Waals surface area contributed by atoms with E-state index in [4.69, 9.17) is 0 Å². The SMILES string of the molecule is CCC(C(=O)O)=C(C)C=CCC1CCCC1c1ccc2c(c1)C(C)(C)CCC2(C)C. The van der Waals surface area contributed by atoms with Crippen LogP contribution in [0, 0.1) is 5.92 Å². The minimum Gasteiger partial charge on any atom is -0.478 e. The standard InChI is InChI=1S/C28H40O2/c1-7-22(26(29)30)19(2)10-8-11-20-12-9-13-23(20)21-14-15-24-25(18-21)28(5,6)17-16-27(24,3)4/h8,10,14-15,18,20,23H,7,9,11-13,16-17H2,1-6H3,(H,29,30). The Labute approximate surface area is 183 Å². The molecule has 2 nitrogen and oxygen atoms in total. The van der Waals surface area contributed by atoms with Gasteiger partial charge < -0.3 is 5.11 Å². The molecule has 0 radical (unpaired) electrons. The van der Waals surface area contributed by atoms with Crippen molar-refractivity contribution in [2.45, 2.75) is 103 Å². The van der Waals surface area contributed by atoms with Crippen LogP contribution < -0.4 is 0 Å². The number of carbonyl (C=O) groups is 1. The predicted octanol–water partition coefficient (Wildman–Crippen LogP) is 7.68. The van der Waals surface area contributed by atoms with Gasteiger partial charge in [-0.3, -0.25) is 0 Å². The van der Waals surface area contributed by atoms with Crippen LogP contribution in [0.15, 0.2) is 41.5 Å². The zero-order valence-electron chi connectivity index (χ0n) is 19.8. The molecule has 164 valence electrons. The Hall–Kier alpha value is -1.83. The minimum absolute atomic E-state index is 0.254. The molecule has 1 fully saturated rings. The monoisotopic (exact) mass is 408 g/mol. The highest BCUT2D eigenvalue weighted by molar-refractivity contribution is 5.87. The first kappa shape index (κ1) is 22.8. The van der Waals surface area contributed by atoms with Gasteiger partial charge in [0, 0.05) is 5.57 Å². The normalized spacial score (nSPS) is 25.8. The van der Waals surface area contributed by atoms with Crippen molar-refractivity contribution in [3.8, 4) is 0 Å². The van der Waals surface area contributed by atoms with E-state index in [0.717, 1.165) is 12.0 Å². The number of fused-ring (bicyclic) bond motifs is 1. The molecule has 1 aromatic carbocycles. The third-order valence-electron chi connectivity index (χ3n) is 7.86. The van der Waals surface area contributed by atoms with Crippen molar-refractivity contribution < 1.29 is 9.90 Å². The van der Waals surface area contributed by atoms with E-state index in [9.17, 15) is 9.90 Å². The summed E-state index contributed by atoms with van der Waals surface area (Å²) in [5.41, 5.74) is 6.55. The summed E-state index contributed by atoms with van der Waals surface area (Å²) in [6.07, 6.45) is 12.2. The van der Waals surface area contributed by atoms with Crippen LogP contribution in [0.3, 0.4) is 0 Å². The maximum Gasteiger partial charge on any atom is 0.331 e. The van der Waals surface area contributed by atoms with E-state index in [1.807, 2.05) is 19.9 Å². The third-order valence-corrected chi connectivity index (χ3v) is 7.86. The molecule has 0 aliphatic heterocycles. The van der Waals surface area contributed by atoms with Gasteiger partial charge in [-0.05, 0) is 90.4 Å². The number of allylic oxidation sites excluding steroid dienone is 3. The Kier molecular flexibility index (Phi) is 6.65. The lowest BCUT2D eigenvalue weighted by Crippen LogP contribution is -2.34. The molecule has 0 heterocycles. The summed E-state index contributed by atoms with van der Waals surface area (Å²) in [4.78, 5) is 11.4. The molecule has 2 aliphatic carbocycles. The van der Waals surface area contributed by atoms with E-state index >= 15 is 0 Å². The van der Waals surface area contributed by atoms with Gasteiger partial charge in [0.1, 0.15) is 0 Å². The first-order chi connectivity index (χ1) is 14.1. The van der Waals surface area contributed by atoms with Gasteiger partial charge in [-0.2, -0.15) is 0 Å². The Balaban J connectivity index is 1.81. The van der Waals surface area contributed by atoms with E-state index in [1.54, 1.807) is 11.1 Å². The van der Waals surface area contributed by atoms with Gasteiger partial charge in [0.2, 0.25) is 0 Å². The molecular formula is C28H40O2. The van der Waals surface area contributed by atoms with Gasteiger partial charge in [-0.25, -0.2) is 4.79 Å². The van der Waals surface area contributed by atoms with Gasteiger partial charge in [0.15, 0.2) is 0 Å². The number of hydrogen-bond donors (Lipinski definition) is 1. The average Bonchev–Trinajstić information content (AvgIpc) is 3.14. The largest absolute Gasteiger partial charge is 0.478 e. The van der Waals surface area contributed by atoms with Gasteiger partial charge in [0.25, 0.3) is 0 Å². The molecule has 3 rings (SSSR count). The lowest BCUT2D eigenvalue weighted by molar-refractivity contribution is -0.132. The van der Waals surface area contributed by atoms with Crippen LogP contribution in [0.1, 0.15) is 109 Å². The van der Waals surface area contributed by atoms with E-state index in [2.05, 4.69) is 52.0 Å². The van der Waals surface area contributed by atoms with Crippen LogP contribution in [0.2, 0.25) is 0 Å². The predicted molar refractivity (Wildman–Crippen MR) is 126 cm³/mol. The Bertz CT molecular complexity index is 853. The molecule has 2 unspecified atom stereocenters. The zero-order chi connectivity index (χ0) is 22.1. The van der Waals surface area contributed by atoms with Crippen LogP contribution in [0.4, 0.5) is 0 Å². The van der Waals surface area contributed by atoms with E-state index in [-0.39, 0.29) is 10.8 Å². The minimum atomic E-state index is -0.794. The van der Waals surface area contributed by atoms with Crippen LogP contribution in [-0.4, -0.2) is 11.1 Å². The number of carboxylic acid groups (broad SMARTS) is 1. The molecule has 2 aliphatic rings. The van der Waals surface area contributed by atoms with Crippen LogP contribution >= 0.6 is 0 Å². The summed E-state index contributed by atoms with van der Waals surface area (Å²) in [6, 6.07) is 7.36. The quantitative estimate of drug-likeness (QED) is 0.387. The van der Waals surface area contributed by atoms with Crippen molar-refractivity contribution in [1.82, 2.24) is 0 Å². The zero-order valence-corrected chi connectivity index (χ0v) is 19.8. The second kappa shape index (κ2) is 8.73. The van der Waals surface area contributed by atoms with Crippen molar-refractivity contribution in [2.75, 3.05) is 0 Å². The summed E-state index contributed by atoms with van der Waals surface area (Å²) in [6.45, 7) is 13.4. The molecule has 0 spiro atoms. The summed E-state index contributed by atoms with van der Waals surface area (Å²) in [7, 11) is 0. The summed E-state index contributed by atoms with van der Waals surface area (Å²) in [5.74, 6) is 0.481. The molecule has 1 aromatic rings. The molecule has 0 saturated heterocycles. The average molecular weight is 409 g/mol. The van der Waals surface area contributed by atoms with Crippen molar-refractivity contribution in [1.29, 1.82) is 0 Å². The van der Waals surface area contributed by atoms with Gasteiger partial charge >= 0.3 is 5.97 Å². The number of hydrogen-bond acceptors (Lipinski definition) is 1. The van der Waals surface area contributed by atoms with Crippen LogP contribution in [0.25, 0.3) is 0 Å². The Morgan fingerprint density at radius 2 is 1.77 bits per heavy atom. The lowest BCUT2D eigenvalue weighted by atomic mass is 9.62. The molecular weight excluding hydrogens is 368 g/mol. The highest BCUT2D eigenvalue weighted by atomic mass is 16.4. The van der Waals surface area contributed by atoms with Crippen molar-refractivity contribution in [2.24, 2.45) is 5.92 Å². The Morgan fingerprint density at radius 3 is 2.40 bits per heavy atom. The molecule has 1 N–H and O–H groups in total. The second-order valence-corrected chi connectivity index (χ2v) is 10.8. The maximum atomic E-state index is 11.4. The number of carboxylic acids is 1. The fourth-order valence-corrected chi connectivity index (χ4v) is 5.71. The van der Waals surface area contributed by atoms with Crippen molar-refractivity contribution >= 4 is 5.97 Å². The fourth-order valence-electron chi connectivity index (χ4n) is 5.71. The number of rotatable bonds is 6. The molecule has 2 heteroatoms. The van der Waals surface area contributed by atoms with E-state index in [1.165, 1.54) is 37.7 Å². The second-order valence-electron chi connectivity index (χ2n) is 10.8. The topological polar surface area (TPSA) is 37.3 Å². The van der Waals surface area contributed by atoms with Gasteiger partial charge in [-0.15, -0.1) is 0 Å². The van der Waals surface area contributed by atoms with Crippen LogP contribution in [-0.2, 0) is 15.6 Å². The maximum absolute atomic E-state index is 11.4. The molecule has 0 bridgehead atoms. The summed E-state index contributed by atoms with van der Waals surface area (Å²) < 4.78 is 0. The molecule has 2 atom stereocenters. The first-order valence-electron chi connectivity index (χ1n) is 11.8. The molecule has 30 heavy (non-hydrogen) atoms. The molecule has 0 aromatic heterocycles. The van der Waals surface area contributed by atoms with E-state index in [0.29, 0.717) is 23.8 Å². The van der Waals surface area contributed by atoms with Crippen molar-refractivity contribution in [3.05, 3.63) is 58.2 Å². The highest BCUT2D eigenvalue weighted by Crippen LogP contribution is 2.48. The Morgan fingerprint density at radius 1 is 1.10 bits per heavy atom. The number of benzene rings is 1. The molecule has 0 amide bonds. The fraction of sp³-hybridized carbons (Fsp3) is 0.607. The number of aliphatic carboxylic acids is 1. The first-order valence-corrected chi connectivity index (χ1v) is 11.8.